The van der Waals surface area contributed by atoms with E-state index in [1.807, 2.05) is 37.4 Å². The molecule has 0 radical (unpaired) electrons. The van der Waals surface area contributed by atoms with Crippen molar-refractivity contribution in [2.75, 3.05) is 0 Å². The fourth-order valence-electron chi connectivity index (χ4n) is 1.19. The number of amides is 1. The van der Waals surface area contributed by atoms with Gasteiger partial charge in [0.2, 0.25) is 5.91 Å². The van der Waals surface area contributed by atoms with Crippen molar-refractivity contribution in [3.8, 4) is 0 Å². The average molecular weight is 209 g/mol. The zero-order chi connectivity index (χ0) is 12.4. The number of rotatable bonds is 4. The van der Waals surface area contributed by atoms with Crippen LogP contribution < -0.4 is 5.32 Å². The van der Waals surface area contributed by atoms with E-state index >= 15 is 0 Å². The molecule has 2 N–H and O–H groups in total. The summed E-state index contributed by atoms with van der Waals surface area (Å²) in [5.41, 5.74) is 0. The van der Waals surface area contributed by atoms with Crippen molar-refractivity contribution in [3.05, 3.63) is 0 Å². The topological polar surface area (TPSA) is 66.4 Å². The van der Waals surface area contributed by atoms with E-state index in [-0.39, 0.29) is 11.2 Å². The van der Waals surface area contributed by atoms with Crippen LogP contribution >= 0.6 is 0 Å². The third-order valence-corrected chi connectivity index (χ3v) is 3.25. The van der Waals surface area contributed by atoms with Gasteiger partial charge in [-0.3, -0.25) is 9.59 Å². The maximum absolute atomic E-state index is 11.1. The molecule has 1 unspecified atom stereocenters. The Bertz CT molecular complexity index is 273. The van der Waals surface area contributed by atoms with E-state index in [0.29, 0.717) is 0 Å². The van der Waals surface area contributed by atoms with Crippen molar-refractivity contribution in [1.29, 1.82) is 0 Å². The van der Waals surface area contributed by atoms with Gasteiger partial charge in [-0.2, -0.15) is 0 Å². The molecule has 0 aromatic heterocycles. The second kappa shape index (κ2) is 4.33. The number of carboxylic acids is 1. The van der Waals surface area contributed by atoms with Gasteiger partial charge in [-0.05, 0) is 0 Å². The van der Waals surface area contributed by atoms with Crippen LogP contribution in [0.4, 0.5) is 0 Å². The lowest BCUT2D eigenvalue weighted by molar-refractivity contribution is -0.142. The predicted molar refractivity (Wildman–Crippen MR) is 67.6 cm³/mol. The van der Waals surface area contributed by atoms with Crippen LogP contribution in [0.5, 0.6) is 0 Å². The van der Waals surface area contributed by atoms with Crippen molar-refractivity contribution in [2.24, 2.45) is 0 Å². The second-order valence-electron chi connectivity index (χ2n) is 5.44. The molecule has 0 aliphatic rings. The van der Waals surface area contributed by atoms with E-state index in [9.17, 15) is 9.59 Å². The number of carbonyl (C=O) groups is 2. The van der Waals surface area contributed by atoms with Crippen LogP contribution in [0.2, 0.25) is 10.5 Å². The fraction of sp³-hybridized carbons (Fsp3) is 0.750. The minimum atomic E-state index is -0.995. The molecule has 15 heavy (non-hydrogen) atoms. The molecule has 0 rings (SSSR count). The van der Waals surface area contributed by atoms with Crippen LogP contribution in [0, 0.1) is 0 Å². The third-order valence-electron chi connectivity index (χ3n) is 3.25. The van der Waals surface area contributed by atoms with Crippen LogP contribution in [0.25, 0.3) is 0 Å². The molecule has 82 valence electrons. The quantitative estimate of drug-likeness (QED) is 0.515. The first-order valence-electron chi connectivity index (χ1n) is 5.00. The van der Waals surface area contributed by atoms with Crippen LogP contribution in [-0.4, -0.2) is 46.6 Å². The lowest BCUT2D eigenvalue weighted by atomic mass is 9.35. The van der Waals surface area contributed by atoms with E-state index in [4.69, 9.17) is 5.11 Å². The molecule has 1 amide bonds. The minimum absolute atomic E-state index is 0.210. The molecule has 7 heteroatoms. The highest BCUT2D eigenvalue weighted by molar-refractivity contribution is 6.46. The van der Waals surface area contributed by atoms with Gasteiger partial charge in [-0.15, -0.1) is 0 Å². The second-order valence-corrected chi connectivity index (χ2v) is 5.44. The van der Waals surface area contributed by atoms with Crippen LogP contribution in [0.15, 0.2) is 0 Å². The largest absolute Gasteiger partial charge is 0.480 e. The third kappa shape index (κ3) is 3.32. The first-order valence-corrected chi connectivity index (χ1v) is 5.00. The lowest BCUT2D eigenvalue weighted by Gasteiger charge is -2.43. The Labute approximate surface area is 93.4 Å². The summed E-state index contributed by atoms with van der Waals surface area (Å²) in [5, 5.41) is 10.9. The van der Waals surface area contributed by atoms with E-state index < -0.39 is 17.2 Å². The van der Waals surface area contributed by atoms with Gasteiger partial charge < -0.3 is 10.4 Å². The summed E-state index contributed by atoms with van der Waals surface area (Å²) in [6.07, 6.45) is 0. The number of carboxylic acid groups (broad SMARTS) is 1. The highest BCUT2D eigenvalue weighted by Gasteiger charge is 2.43. The van der Waals surface area contributed by atoms with Crippen molar-refractivity contribution >= 4 is 35.4 Å². The molecule has 1 atom stereocenters. The van der Waals surface area contributed by atoms with Gasteiger partial charge in [0.05, 0.1) is 0 Å². The summed E-state index contributed by atoms with van der Waals surface area (Å²) in [4.78, 5) is 22.1. The van der Waals surface area contributed by atoms with Gasteiger partial charge >= 0.3 is 5.97 Å². The molecule has 0 aliphatic heterocycles. The average Bonchev–Trinajstić information content (AvgIpc) is 1.96. The molecule has 0 saturated carbocycles. The SMILES string of the molecule is BC(C)(C)C(B)(B)C(NC(C)=O)C(=O)O. The number of hydrogen-bond acceptors (Lipinski definition) is 2. The minimum Gasteiger partial charge on any atom is -0.480 e. The van der Waals surface area contributed by atoms with Crippen LogP contribution in [-0.2, 0) is 9.59 Å². The lowest BCUT2D eigenvalue weighted by Crippen LogP contribution is -2.52. The van der Waals surface area contributed by atoms with Gasteiger partial charge in [-0.25, -0.2) is 0 Å². The van der Waals surface area contributed by atoms with Crippen molar-refractivity contribution in [1.82, 2.24) is 5.32 Å². The maximum atomic E-state index is 11.1. The maximum Gasteiger partial charge on any atom is 0.325 e. The normalized spacial score (nSPS) is 14.3. The van der Waals surface area contributed by atoms with Gasteiger partial charge in [0.1, 0.15) is 29.6 Å². The highest BCUT2D eigenvalue weighted by atomic mass is 16.4. The summed E-state index contributed by atoms with van der Waals surface area (Å²) >= 11 is 0. The molecule has 0 fully saturated rings. The number of carbonyl (C=O) groups excluding carboxylic acids is 1. The molecule has 4 nitrogen and oxygen atoms in total. The van der Waals surface area contributed by atoms with E-state index in [0.717, 1.165) is 0 Å². The summed E-state index contributed by atoms with van der Waals surface area (Å²) in [6, 6.07) is -0.866. The Kier molecular flexibility index (Phi) is 4.08. The number of aliphatic carboxylic acids is 1. The molecule has 0 aromatic carbocycles. The summed E-state index contributed by atoms with van der Waals surface area (Å²) in [6.45, 7) is 5.25. The molecular weight excluding hydrogens is 191 g/mol. The monoisotopic (exact) mass is 209 g/mol. The molecule has 0 heterocycles. The Balaban J connectivity index is 5.08. The fourth-order valence-corrected chi connectivity index (χ4v) is 1.19. The molecule has 0 aliphatic carbocycles. The zero-order valence-electron chi connectivity index (χ0n) is 10.3. The van der Waals surface area contributed by atoms with E-state index in [2.05, 4.69) is 5.32 Å². The summed E-state index contributed by atoms with van der Waals surface area (Å²) < 4.78 is 0. The van der Waals surface area contributed by atoms with Crippen molar-refractivity contribution < 1.29 is 14.7 Å². The zero-order valence-corrected chi connectivity index (χ0v) is 10.3. The van der Waals surface area contributed by atoms with Gasteiger partial charge in [0, 0.05) is 6.92 Å². The van der Waals surface area contributed by atoms with Crippen LogP contribution in [0.3, 0.4) is 0 Å². The molecule has 0 saturated heterocycles. The van der Waals surface area contributed by atoms with Crippen molar-refractivity contribution in [3.63, 3.8) is 0 Å². The van der Waals surface area contributed by atoms with Gasteiger partial charge in [0.15, 0.2) is 0 Å². The van der Waals surface area contributed by atoms with E-state index in [1.165, 1.54) is 6.92 Å². The molecule has 0 aromatic rings. The smallest absolute Gasteiger partial charge is 0.325 e. The van der Waals surface area contributed by atoms with E-state index in [1.54, 1.807) is 0 Å². The number of hydrogen-bond donors (Lipinski definition) is 2. The Morgan fingerprint density at radius 2 is 1.67 bits per heavy atom. The van der Waals surface area contributed by atoms with Gasteiger partial charge in [0.25, 0.3) is 0 Å². The number of nitrogens with one attached hydrogen (secondary N) is 1. The first kappa shape index (κ1) is 14.1. The first-order chi connectivity index (χ1) is 6.50. The summed E-state index contributed by atoms with van der Waals surface area (Å²) in [5.74, 6) is -1.31. The Hall–Kier alpha value is -0.865. The Morgan fingerprint density at radius 1 is 1.27 bits per heavy atom. The molecule has 0 bridgehead atoms. The predicted octanol–water partition coefficient (Wildman–Crippen LogP) is -2.21. The molecular formula is C8H18B3NO3. The van der Waals surface area contributed by atoms with Gasteiger partial charge in [-0.1, -0.05) is 24.4 Å². The molecule has 0 spiro atoms. The van der Waals surface area contributed by atoms with Crippen LogP contribution in [0.1, 0.15) is 20.8 Å². The van der Waals surface area contributed by atoms with Crippen molar-refractivity contribution in [2.45, 2.75) is 37.3 Å². The summed E-state index contributed by atoms with van der Waals surface area (Å²) in [7, 11) is 5.66. The highest BCUT2D eigenvalue weighted by Crippen LogP contribution is 2.46. The Morgan fingerprint density at radius 3 is 1.87 bits per heavy atom. The standard InChI is InChI=1S/C8H18B3NO3/c1-4(13)12-5(6(14)15)8(10,11)7(2,3)9/h5H,9-11H2,1-3H3,(H,12,13)(H,14,15).